The number of carboxylic acid groups (broad SMARTS) is 1. The molecule has 2 radical (unpaired) electrons. The lowest BCUT2D eigenvalue weighted by Gasteiger charge is -1.98. The van der Waals surface area contributed by atoms with Crippen LogP contribution in [0, 0.1) is 0 Å². The van der Waals surface area contributed by atoms with Crippen LogP contribution in [0.5, 0.6) is 0 Å². The van der Waals surface area contributed by atoms with Gasteiger partial charge in [0.25, 0.3) is 0 Å². The van der Waals surface area contributed by atoms with Crippen LogP contribution < -0.4 is 0 Å². The van der Waals surface area contributed by atoms with Crippen molar-refractivity contribution >= 4 is 46.2 Å². The third-order valence-corrected chi connectivity index (χ3v) is 2.00. The van der Waals surface area contributed by atoms with Crippen molar-refractivity contribution in [1.82, 2.24) is 0 Å². The van der Waals surface area contributed by atoms with Gasteiger partial charge in [0.1, 0.15) is 0 Å². The number of benzene rings is 1. The fourth-order valence-corrected chi connectivity index (χ4v) is 1.05. The maximum Gasteiger partial charge on any atom is 0.337 e. The molecule has 0 unspecified atom stereocenters. The van der Waals surface area contributed by atoms with E-state index in [0.29, 0.717) is 0 Å². The molecule has 72 valence electrons. The summed E-state index contributed by atoms with van der Waals surface area (Å²) in [5.74, 6) is -1.07. The molecule has 1 aromatic carbocycles. The van der Waals surface area contributed by atoms with Crippen LogP contribution in [-0.4, -0.2) is 11.1 Å². The van der Waals surface area contributed by atoms with Crippen LogP contribution in [0.3, 0.4) is 0 Å². The van der Waals surface area contributed by atoms with Gasteiger partial charge in [-0.1, -0.05) is 29.3 Å². The van der Waals surface area contributed by atoms with Crippen molar-refractivity contribution in [3.8, 4) is 0 Å². The van der Waals surface area contributed by atoms with E-state index in [1.165, 1.54) is 18.2 Å². The van der Waals surface area contributed by atoms with Crippen molar-refractivity contribution in [1.29, 1.82) is 0 Å². The van der Waals surface area contributed by atoms with E-state index in [2.05, 4.69) is 0 Å². The first-order valence-corrected chi connectivity index (χ1v) is 3.56. The van der Waals surface area contributed by atoms with E-state index in [-0.39, 0.29) is 38.1 Å². The lowest BCUT2D eigenvalue weighted by molar-refractivity contribution is 0.0697. The number of rotatable bonds is 1. The second-order valence-corrected chi connectivity index (χ2v) is 2.69. The second kappa shape index (κ2) is 6.21. The highest BCUT2D eigenvalue weighted by atomic mass is 79.9. The Kier molecular flexibility index (Phi) is 7.26. The van der Waals surface area contributed by atoms with Crippen molar-refractivity contribution in [3.05, 3.63) is 33.8 Å². The molecule has 1 N–H and O–H groups in total. The first kappa shape index (κ1) is 15.2. The average molecular weight is 288 g/mol. The van der Waals surface area contributed by atoms with Crippen molar-refractivity contribution in [2.45, 2.75) is 0 Å². The van der Waals surface area contributed by atoms with Crippen LogP contribution in [0.15, 0.2) is 18.2 Å². The SMILES string of the molecule is Br.O=C(O)c1cccc(Cl)c1Cl.[O]. The molecule has 0 atom stereocenters. The number of halogens is 3. The Morgan fingerprint density at radius 3 is 2.23 bits per heavy atom. The molecule has 0 saturated heterocycles. The van der Waals surface area contributed by atoms with Crippen LogP contribution >= 0.6 is 40.2 Å². The number of carbonyl (C=O) groups is 1. The molecular weight excluding hydrogens is 283 g/mol. The standard InChI is InChI=1S/C7H4Cl2O2.BrH.O/c8-5-3-1-2-4(6(5)9)7(10)11;;/h1-3H,(H,10,11);1H;. The molecule has 0 aliphatic rings. The molecule has 0 aliphatic carbocycles. The summed E-state index contributed by atoms with van der Waals surface area (Å²) in [6.45, 7) is 0. The van der Waals surface area contributed by atoms with Crippen LogP contribution in [0.4, 0.5) is 0 Å². The second-order valence-electron chi connectivity index (χ2n) is 1.91. The van der Waals surface area contributed by atoms with Crippen LogP contribution in [0.25, 0.3) is 0 Å². The summed E-state index contributed by atoms with van der Waals surface area (Å²) in [5.41, 5.74) is 0.0270. The lowest BCUT2D eigenvalue weighted by Crippen LogP contribution is -1.96. The van der Waals surface area contributed by atoms with Crippen LogP contribution in [0.1, 0.15) is 10.4 Å². The van der Waals surface area contributed by atoms with Crippen molar-refractivity contribution in [2.75, 3.05) is 0 Å². The monoisotopic (exact) mass is 286 g/mol. The molecule has 0 fully saturated rings. The first-order chi connectivity index (χ1) is 5.13. The Balaban J connectivity index is 0. The Bertz CT molecular complexity index is 304. The molecule has 0 spiro atoms. The predicted molar refractivity (Wildman–Crippen MR) is 54.4 cm³/mol. The molecule has 1 rings (SSSR count). The molecule has 0 aliphatic heterocycles. The molecule has 13 heavy (non-hydrogen) atoms. The van der Waals surface area contributed by atoms with E-state index in [1.807, 2.05) is 0 Å². The number of carboxylic acids is 1. The molecule has 6 heteroatoms. The molecule has 0 heterocycles. The minimum Gasteiger partial charge on any atom is -0.478 e. The van der Waals surface area contributed by atoms with E-state index in [1.54, 1.807) is 0 Å². The van der Waals surface area contributed by atoms with Gasteiger partial charge < -0.3 is 5.11 Å². The highest BCUT2D eigenvalue weighted by Crippen LogP contribution is 2.25. The largest absolute Gasteiger partial charge is 0.478 e. The molecule has 0 saturated carbocycles. The minimum absolute atomic E-state index is 0. The summed E-state index contributed by atoms with van der Waals surface area (Å²) in [7, 11) is 0. The van der Waals surface area contributed by atoms with Gasteiger partial charge in [-0.05, 0) is 12.1 Å². The number of hydrogen-bond donors (Lipinski definition) is 1. The van der Waals surface area contributed by atoms with E-state index >= 15 is 0 Å². The Morgan fingerprint density at radius 2 is 1.85 bits per heavy atom. The zero-order chi connectivity index (χ0) is 8.43. The van der Waals surface area contributed by atoms with Crippen LogP contribution in [0.2, 0.25) is 10.0 Å². The molecule has 0 amide bonds. The zero-order valence-corrected chi connectivity index (χ0v) is 9.38. The van der Waals surface area contributed by atoms with Gasteiger partial charge in [-0.3, -0.25) is 0 Å². The van der Waals surface area contributed by atoms with Gasteiger partial charge >= 0.3 is 5.97 Å². The Morgan fingerprint density at radius 1 is 1.31 bits per heavy atom. The maximum atomic E-state index is 10.4. The maximum absolute atomic E-state index is 10.4. The molecule has 1 aromatic rings. The third-order valence-electron chi connectivity index (χ3n) is 1.18. The Hall–Kier alpha value is -0.290. The summed E-state index contributed by atoms with van der Waals surface area (Å²) in [6.07, 6.45) is 0. The van der Waals surface area contributed by atoms with E-state index in [0.717, 1.165) is 0 Å². The van der Waals surface area contributed by atoms with Gasteiger partial charge in [-0.15, -0.1) is 17.0 Å². The van der Waals surface area contributed by atoms with Crippen LogP contribution in [-0.2, 0) is 5.48 Å². The highest BCUT2D eigenvalue weighted by molar-refractivity contribution is 8.93. The van der Waals surface area contributed by atoms with Gasteiger partial charge in [0, 0.05) is 5.48 Å². The highest BCUT2D eigenvalue weighted by Gasteiger charge is 2.09. The molecule has 0 bridgehead atoms. The quantitative estimate of drug-likeness (QED) is 0.862. The fourth-order valence-electron chi connectivity index (χ4n) is 0.669. The Labute approximate surface area is 95.4 Å². The van der Waals surface area contributed by atoms with Crippen molar-refractivity contribution in [3.63, 3.8) is 0 Å². The summed E-state index contributed by atoms with van der Waals surface area (Å²) in [6, 6.07) is 4.48. The van der Waals surface area contributed by atoms with Crippen molar-refractivity contribution in [2.24, 2.45) is 0 Å². The minimum atomic E-state index is -1.07. The zero-order valence-electron chi connectivity index (χ0n) is 6.16. The average Bonchev–Trinajstić information content (AvgIpc) is 1.94. The van der Waals surface area contributed by atoms with E-state index in [4.69, 9.17) is 28.3 Å². The normalized spacial score (nSPS) is 8.15. The number of hydrogen-bond acceptors (Lipinski definition) is 1. The van der Waals surface area contributed by atoms with Gasteiger partial charge in [-0.25, -0.2) is 4.79 Å². The summed E-state index contributed by atoms with van der Waals surface area (Å²) in [4.78, 5) is 10.4. The van der Waals surface area contributed by atoms with Gasteiger partial charge in [0.2, 0.25) is 0 Å². The lowest BCUT2D eigenvalue weighted by atomic mass is 10.2. The number of aromatic carboxylic acids is 1. The summed E-state index contributed by atoms with van der Waals surface area (Å²) < 4.78 is 0. The summed E-state index contributed by atoms with van der Waals surface area (Å²) >= 11 is 11.1. The van der Waals surface area contributed by atoms with Crippen molar-refractivity contribution < 1.29 is 15.4 Å². The topological polar surface area (TPSA) is 65.8 Å². The van der Waals surface area contributed by atoms with E-state index < -0.39 is 5.97 Å². The first-order valence-electron chi connectivity index (χ1n) is 2.80. The van der Waals surface area contributed by atoms with Gasteiger partial charge in [-0.2, -0.15) is 0 Å². The van der Waals surface area contributed by atoms with Gasteiger partial charge in [0.15, 0.2) is 0 Å². The third kappa shape index (κ3) is 3.52. The molecule has 3 nitrogen and oxygen atoms in total. The molecule has 0 aromatic heterocycles. The molecular formula is C7H5BrCl2O3. The van der Waals surface area contributed by atoms with Gasteiger partial charge in [0.05, 0.1) is 15.6 Å². The summed E-state index contributed by atoms with van der Waals surface area (Å²) in [5, 5.41) is 8.89. The predicted octanol–water partition coefficient (Wildman–Crippen LogP) is 3.15. The fraction of sp³-hybridized carbons (Fsp3) is 0. The van der Waals surface area contributed by atoms with E-state index in [9.17, 15) is 4.79 Å². The smallest absolute Gasteiger partial charge is 0.337 e.